The topological polar surface area (TPSA) is 80.8 Å². The highest BCUT2D eigenvalue weighted by Gasteiger charge is 2.36. The Morgan fingerprint density at radius 2 is 1.76 bits per heavy atom. The second-order valence-corrected chi connectivity index (χ2v) is 8.78. The molecule has 0 bridgehead atoms. The number of pyridine rings is 1. The summed E-state index contributed by atoms with van der Waals surface area (Å²) in [5.41, 5.74) is -0.903. The Bertz CT molecular complexity index is 1130. The van der Waals surface area contributed by atoms with Gasteiger partial charge in [-0.3, -0.25) is 9.59 Å². The van der Waals surface area contributed by atoms with Crippen molar-refractivity contribution in [1.82, 2.24) is 15.2 Å². The molecule has 7 nitrogen and oxygen atoms in total. The Hall–Kier alpha value is -3.35. The average molecular weight is 531 g/mol. The summed E-state index contributed by atoms with van der Waals surface area (Å²) in [6.07, 6.45) is -8.75. The second kappa shape index (κ2) is 10.6. The first-order valence-corrected chi connectivity index (χ1v) is 11.5. The molecule has 37 heavy (non-hydrogen) atoms. The minimum Gasteiger partial charge on any atom is -0.484 e. The lowest BCUT2D eigenvalue weighted by Crippen LogP contribution is -2.49. The number of carbonyl (C=O) groups is 2. The quantitative estimate of drug-likeness (QED) is 0.595. The standard InChI is InChI=1S/C24H23F6N3O4/c25-23(26,27)15-2-5-17(6-3-15)36-13-21(34)31-16-4-7-19(37-12-16)22(35)33-10-9-18-14(11-33)1-8-20(32-18)24(28,29)30/h1-3,5-6,8,16,19H,4,7,9-13H2,(H,31,34)/t16-,19+/m0/s1. The van der Waals surface area contributed by atoms with E-state index < -0.39 is 42.2 Å². The SMILES string of the molecule is O=C(COc1ccc(C(F)(F)F)cc1)N[C@H]1CC[C@H](C(=O)N2CCc3nc(C(F)(F)F)ccc3C2)OC1. The van der Waals surface area contributed by atoms with Gasteiger partial charge in [0, 0.05) is 25.2 Å². The number of nitrogens with zero attached hydrogens (tertiary/aromatic N) is 2. The van der Waals surface area contributed by atoms with Crippen LogP contribution >= 0.6 is 0 Å². The molecule has 1 aromatic carbocycles. The van der Waals surface area contributed by atoms with Gasteiger partial charge in [0.25, 0.3) is 11.8 Å². The van der Waals surface area contributed by atoms with Crippen LogP contribution in [-0.2, 0) is 39.6 Å². The molecule has 2 aromatic rings. The first-order valence-electron chi connectivity index (χ1n) is 11.5. The zero-order chi connectivity index (χ0) is 26.8. The summed E-state index contributed by atoms with van der Waals surface area (Å²) in [6.45, 7) is 0.0346. The molecule has 0 aliphatic carbocycles. The van der Waals surface area contributed by atoms with E-state index in [0.717, 1.165) is 30.3 Å². The minimum atomic E-state index is -4.53. The predicted octanol–water partition coefficient (Wildman–Crippen LogP) is 3.75. The molecule has 0 saturated carbocycles. The number of amides is 2. The van der Waals surface area contributed by atoms with Crippen LogP contribution in [0.1, 0.15) is 35.4 Å². The van der Waals surface area contributed by atoms with Crippen molar-refractivity contribution in [2.45, 2.75) is 50.3 Å². The summed E-state index contributed by atoms with van der Waals surface area (Å²) in [4.78, 5) is 30.3. The smallest absolute Gasteiger partial charge is 0.433 e. The molecule has 3 heterocycles. The lowest BCUT2D eigenvalue weighted by atomic mass is 10.0. The number of alkyl halides is 6. The first-order chi connectivity index (χ1) is 17.4. The Morgan fingerprint density at radius 3 is 2.38 bits per heavy atom. The van der Waals surface area contributed by atoms with Crippen LogP contribution in [0.25, 0.3) is 0 Å². The van der Waals surface area contributed by atoms with Crippen LogP contribution in [0.4, 0.5) is 26.3 Å². The lowest BCUT2D eigenvalue weighted by molar-refractivity contribution is -0.149. The van der Waals surface area contributed by atoms with Gasteiger partial charge in [0.1, 0.15) is 17.5 Å². The van der Waals surface area contributed by atoms with E-state index in [2.05, 4.69) is 10.3 Å². The molecule has 1 aromatic heterocycles. The van der Waals surface area contributed by atoms with Crippen molar-refractivity contribution < 1.29 is 45.4 Å². The van der Waals surface area contributed by atoms with Gasteiger partial charge in [0.05, 0.1) is 18.2 Å². The van der Waals surface area contributed by atoms with E-state index in [4.69, 9.17) is 9.47 Å². The van der Waals surface area contributed by atoms with Crippen LogP contribution in [0.15, 0.2) is 36.4 Å². The van der Waals surface area contributed by atoms with E-state index in [1.54, 1.807) is 0 Å². The van der Waals surface area contributed by atoms with E-state index in [9.17, 15) is 35.9 Å². The fourth-order valence-electron chi connectivity index (χ4n) is 4.18. The van der Waals surface area contributed by atoms with Crippen LogP contribution in [0.2, 0.25) is 0 Å². The van der Waals surface area contributed by atoms with Crippen LogP contribution in [0, 0.1) is 0 Å². The van der Waals surface area contributed by atoms with Crippen molar-refractivity contribution in [2.24, 2.45) is 0 Å². The molecule has 2 aliphatic heterocycles. The van der Waals surface area contributed by atoms with Gasteiger partial charge in [-0.2, -0.15) is 26.3 Å². The molecule has 0 radical (unpaired) electrons. The maximum absolute atomic E-state index is 12.9. The molecule has 4 rings (SSSR count). The third-order valence-electron chi connectivity index (χ3n) is 6.12. The number of halogens is 6. The number of fused-ring (bicyclic) bond motifs is 1. The normalized spacial score (nSPS) is 20.2. The number of benzene rings is 1. The second-order valence-electron chi connectivity index (χ2n) is 8.78. The molecule has 2 aliphatic rings. The molecule has 1 saturated heterocycles. The number of aromatic nitrogens is 1. The Kier molecular flexibility index (Phi) is 7.62. The molecule has 1 fully saturated rings. The number of hydrogen-bond donors (Lipinski definition) is 1. The van der Waals surface area contributed by atoms with Crippen molar-refractivity contribution >= 4 is 11.8 Å². The van der Waals surface area contributed by atoms with Gasteiger partial charge in [-0.25, -0.2) is 4.98 Å². The van der Waals surface area contributed by atoms with Gasteiger partial charge in [-0.1, -0.05) is 6.07 Å². The summed E-state index contributed by atoms with van der Waals surface area (Å²) in [6, 6.07) is 5.83. The van der Waals surface area contributed by atoms with Gasteiger partial charge in [-0.05, 0) is 48.7 Å². The van der Waals surface area contributed by atoms with Gasteiger partial charge < -0.3 is 19.7 Å². The van der Waals surface area contributed by atoms with Crippen LogP contribution in [0.5, 0.6) is 5.75 Å². The van der Waals surface area contributed by atoms with Crippen molar-refractivity contribution in [3.05, 3.63) is 58.9 Å². The highest BCUT2D eigenvalue weighted by Crippen LogP contribution is 2.31. The minimum absolute atomic E-state index is 0.0728. The molecular formula is C24H23F6N3O4. The Balaban J connectivity index is 1.21. The van der Waals surface area contributed by atoms with Crippen molar-refractivity contribution in [2.75, 3.05) is 19.8 Å². The lowest BCUT2D eigenvalue weighted by Gasteiger charge is -2.34. The van der Waals surface area contributed by atoms with E-state index in [1.807, 2.05) is 0 Å². The largest absolute Gasteiger partial charge is 0.484 e. The Morgan fingerprint density at radius 1 is 1.03 bits per heavy atom. The average Bonchev–Trinajstić information content (AvgIpc) is 2.86. The molecule has 1 N–H and O–H groups in total. The summed E-state index contributed by atoms with van der Waals surface area (Å²) < 4.78 is 87.3. The number of rotatable bonds is 5. The molecule has 2 amide bonds. The van der Waals surface area contributed by atoms with Crippen molar-refractivity contribution in [1.29, 1.82) is 0 Å². The summed E-state index contributed by atoms with van der Waals surface area (Å²) in [5, 5.41) is 2.70. The molecule has 200 valence electrons. The number of ether oxygens (including phenoxy) is 2. The number of nitrogens with one attached hydrogen (secondary N) is 1. The molecule has 0 spiro atoms. The van der Waals surface area contributed by atoms with Crippen molar-refractivity contribution in [3.8, 4) is 5.75 Å². The maximum atomic E-state index is 12.9. The summed E-state index contributed by atoms with van der Waals surface area (Å²) >= 11 is 0. The van der Waals surface area contributed by atoms with Gasteiger partial charge in [-0.15, -0.1) is 0 Å². The van der Waals surface area contributed by atoms with E-state index in [1.165, 1.54) is 11.0 Å². The van der Waals surface area contributed by atoms with Gasteiger partial charge in [0.15, 0.2) is 6.61 Å². The summed E-state index contributed by atoms with van der Waals surface area (Å²) in [5.74, 6) is -0.653. The molecule has 2 atom stereocenters. The predicted molar refractivity (Wildman–Crippen MR) is 116 cm³/mol. The summed E-state index contributed by atoms with van der Waals surface area (Å²) in [7, 11) is 0. The fraction of sp³-hybridized carbons (Fsp3) is 0.458. The van der Waals surface area contributed by atoms with E-state index in [0.29, 0.717) is 24.1 Å². The fourth-order valence-corrected chi connectivity index (χ4v) is 4.18. The zero-order valence-electron chi connectivity index (χ0n) is 19.4. The third kappa shape index (κ3) is 6.70. The highest BCUT2D eigenvalue weighted by atomic mass is 19.4. The molecule has 0 unspecified atom stereocenters. The first kappa shape index (κ1) is 26.7. The van der Waals surface area contributed by atoms with E-state index in [-0.39, 0.29) is 43.8 Å². The maximum Gasteiger partial charge on any atom is 0.433 e. The number of hydrogen-bond acceptors (Lipinski definition) is 5. The third-order valence-corrected chi connectivity index (χ3v) is 6.12. The molecular weight excluding hydrogens is 508 g/mol. The van der Waals surface area contributed by atoms with Crippen LogP contribution < -0.4 is 10.1 Å². The van der Waals surface area contributed by atoms with Crippen LogP contribution in [0.3, 0.4) is 0 Å². The van der Waals surface area contributed by atoms with Gasteiger partial charge in [0.2, 0.25) is 0 Å². The Labute approximate surface area is 207 Å². The monoisotopic (exact) mass is 531 g/mol. The molecule has 13 heteroatoms. The van der Waals surface area contributed by atoms with Crippen LogP contribution in [-0.4, -0.2) is 53.6 Å². The van der Waals surface area contributed by atoms with Gasteiger partial charge >= 0.3 is 12.4 Å². The van der Waals surface area contributed by atoms with E-state index >= 15 is 0 Å². The number of carbonyl (C=O) groups excluding carboxylic acids is 2. The highest BCUT2D eigenvalue weighted by molar-refractivity contribution is 5.81. The van der Waals surface area contributed by atoms with Crippen molar-refractivity contribution in [3.63, 3.8) is 0 Å². The zero-order valence-corrected chi connectivity index (χ0v) is 19.4.